The van der Waals surface area contributed by atoms with Crippen molar-refractivity contribution in [3.05, 3.63) is 46.9 Å². The average Bonchev–Trinajstić information content (AvgIpc) is 2.89. The molecule has 0 aliphatic carbocycles. The van der Waals surface area contributed by atoms with Gasteiger partial charge in [0.1, 0.15) is 0 Å². The van der Waals surface area contributed by atoms with Crippen LogP contribution in [0.4, 0.5) is 5.69 Å². The van der Waals surface area contributed by atoms with Crippen molar-refractivity contribution in [2.45, 2.75) is 25.5 Å². The molecule has 0 spiro atoms. The number of hydrogen-bond acceptors (Lipinski definition) is 7. The predicted molar refractivity (Wildman–Crippen MR) is 93.8 cm³/mol. The van der Waals surface area contributed by atoms with Gasteiger partial charge in [-0.2, -0.15) is 0 Å². The molecule has 3 rings (SSSR count). The van der Waals surface area contributed by atoms with Crippen molar-refractivity contribution in [1.29, 1.82) is 0 Å². The average molecular weight is 401 g/mol. The van der Waals surface area contributed by atoms with Gasteiger partial charge in [-0.1, -0.05) is 11.6 Å². The molecular weight excluding hydrogens is 383 g/mol. The molecule has 10 heteroatoms. The maximum Gasteiger partial charge on any atom is 1.00 e. The van der Waals surface area contributed by atoms with E-state index in [9.17, 15) is 19.8 Å². The summed E-state index contributed by atoms with van der Waals surface area (Å²) in [5.74, 6) is 3.35. The zero-order valence-corrected chi connectivity index (χ0v) is 17.7. The zero-order chi connectivity index (χ0) is 19.2. The van der Waals surface area contributed by atoms with E-state index in [1.165, 1.54) is 29.2 Å². The molecule has 1 aromatic carbocycles. The number of hydrogen-bond donors (Lipinski definition) is 3. The molecule has 0 radical (unpaired) electrons. The molecule has 1 amide bonds. The number of hydrazine groups is 1. The Bertz CT molecular complexity index is 842. The van der Waals surface area contributed by atoms with Gasteiger partial charge in [0.25, 0.3) is 0 Å². The summed E-state index contributed by atoms with van der Waals surface area (Å²) in [4.78, 5) is 25.1. The Labute approximate surface area is 183 Å². The van der Waals surface area contributed by atoms with Gasteiger partial charge in [0.2, 0.25) is 5.91 Å². The number of fused-ring (bicyclic) bond motifs is 1. The Morgan fingerprint density at radius 2 is 2.15 bits per heavy atom. The van der Waals surface area contributed by atoms with E-state index < -0.39 is 29.9 Å². The normalized spacial score (nSPS) is 22.4. The molecule has 2 aliphatic rings. The van der Waals surface area contributed by atoms with Gasteiger partial charge in [-0.25, -0.2) is 5.84 Å². The quantitative estimate of drug-likeness (QED) is 0.202. The Hall–Kier alpha value is -1.55. The van der Waals surface area contributed by atoms with Crippen molar-refractivity contribution in [2.24, 2.45) is 17.5 Å². The van der Waals surface area contributed by atoms with E-state index in [2.05, 4.69) is 0 Å². The molecule has 1 saturated heterocycles. The molecule has 27 heavy (non-hydrogen) atoms. The van der Waals surface area contributed by atoms with Gasteiger partial charge in [-0.15, -0.1) is 0 Å². The van der Waals surface area contributed by atoms with Crippen molar-refractivity contribution >= 4 is 34.7 Å². The number of rotatable bonds is 5. The van der Waals surface area contributed by atoms with E-state index in [-0.39, 0.29) is 41.7 Å². The number of carboxylic acids is 1. The Morgan fingerprint density at radius 1 is 1.48 bits per heavy atom. The Kier molecular flexibility index (Phi) is 6.62. The number of amides is 1. The molecule has 5 N–H and O–H groups in total. The molecule has 3 atom stereocenters. The van der Waals surface area contributed by atoms with E-state index in [1.54, 1.807) is 18.2 Å². The number of aliphatic carboxylic acids is 1. The number of nitrogens with zero attached hydrogens (tertiary/aromatic N) is 2. The van der Waals surface area contributed by atoms with Crippen LogP contribution in [-0.2, 0) is 9.59 Å². The summed E-state index contributed by atoms with van der Waals surface area (Å²) in [6, 6.07) is 4.43. The first-order valence-electron chi connectivity index (χ1n) is 7.95. The first-order valence-corrected chi connectivity index (χ1v) is 8.33. The molecule has 1 fully saturated rings. The maximum absolute atomic E-state index is 12.3. The fourth-order valence-corrected chi connectivity index (χ4v) is 3.82. The number of aliphatic hydroxyl groups is 1. The van der Waals surface area contributed by atoms with Crippen molar-refractivity contribution in [1.82, 2.24) is 4.90 Å². The third-order valence-electron chi connectivity index (χ3n) is 4.70. The summed E-state index contributed by atoms with van der Waals surface area (Å²) in [5.41, 5.74) is 6.56. The number of carboxylic acid groups (broad SMARTS) is 1. The van der Waals surface area contributed by atoms with Crippen LogP contribution in [0.3, 0.4) is 0 Å². The number of β-lactam (4-membered cyclic amide) rings is 1. The van der Waals surface area contributed by atoms with Crippen LogP contribution >= 0.6 is 11.6 Å². The topological polar surface area (TPSA) is 136 Å². The van der Waals surface area contributed by atoms with Crippen LogP contribution in [0.5, 0.6) is 0 Å². The fraction of sp³-hybridized carbons (Fsp3) is 0.294. The number of nitrogens with two attached hydrogens (primary N) is 2. The second-order valence-electron chi connectivity index (χ2n) is 6.31. The minimum atomic E-state index is -1.45. The van der Waals surface area contributed by atoms with Crippen LogP contribution in [0, 0.1) is 5.92 Å². The van der Waals surface area contributed by atoms with Crippen LogP contribution in [0.1, 0.15) is 18.9 Å². The molecule has 2 aliphatic heterocycles. The number of anilines is 1. The largest absolute Gasteiger partial charge is 1.00 e. The van der Waals surface area contributed by atoms with Gasteiger partial charge in [-0.3, -0.25) is 9.80 Å². The zero-order valence-electron chi connectivity index (χ0n) is 14.9. The Morgan fingerprint density at radius 3 is 2.70 bits per heavy atom. The van der Waals surface area contributed by atoms with Gasteiger partial charge in [0, 0.05) is 17.4 Å². The third kappa shape index (κ3) is 3.73. The SMILES string of the molecule is C[C@@H](O)C1C(=O)N2C(C(=O)[O-])=C(c3cc(Cl)cc(N(N)/C=C\N)c3)CC12.[Na+]. The fourth-order valence-electron chi connectivity index (χ4n) is 3.59. The van der Waals surface area contributed by atoms with Gasteiger partial charge in [0.15, 0.2) is 0 Å². The molecule has 138 valence electrons. The van der Waals surface area contributed by atoms with Crippen molar-refractivity contribution in [3.63, 3.8) is 0 Å². The van der Waals surface area contributed by atoms with Crippen molar-refractivity contribution in [2.75, 3.05) is 5.01 Å². The predicted octanol–water partition coefficient (Wildman–Crippen LogP) is -3.47. The number of carbonyl (C=O) groups is 2. The number of halogens is 1. The molecule has 0 aromatic heterocycles. The van der Waals surface area contributed by atoms with Crippen LogP contribution in [0.25, 0.3) is 5.57 Å². The van der Waals surface area contributed by atoms with Gasteiger partial charge >= 0.3 is 29.6 Å². The molecular formula is C17H18ClN4NaO4. The summed E-state index contributed by atoms with van der Waals surface area (Å²) < 4.78 is 0. The second-order valence-corrected chi connectivity index (χ2v) is 6.74. The molecule has 2 unspecified atom stereocenters. The maximum atomic E-state index is 12.3. The van der Waals surface area contributed by atoms with E-state index in [4.69, 9.17) is 23.2 Å². The van der Waals surface area contributed by atoms with Gasteiger partial charge in [-0.05, 0) is 42.7 Å². The van der Waals surface area contributed by atoms with E-state index >= 15 is 0 Å². The number of benzene rings is 1. The summed E-state index contributed by atoms with van der Waals surface area (Å²) >= 11 is 6.15. The third-order valence-corrected chi connectivity index (χ3v) is 4.92. The molecule has 2 heterocycles. The van der Waals surface area contributed by atoms with Gasteiger partial charge in [0.05, 0.1) is 35.4 Å². The minimum Gasteiger partial charge on any atom is -0.543 e. The Balaban J connectivity index is 0.00000261. The first-order chi connectivity index (χ1) is 12.3. The minimum absolute atomic E-state index is 0. The van der Waals surface area contributed by atoms with Crippen LogP contribution in [-0.4, -0.2) is 34.0 Å². The summed E-state index contributed by atoms with van der Waals surface area (Å²) in [5, 5.41) is 23.1. The van der Waals surface area contributed by atoms with Crippen LogP contribution < -0.4 is 51.2 Å². The number of carbonyl (C=O) groups excluding carboxylic acids is 2. The first kappa shape index (κ1) is 21.7. The molecule has 1 aromatic rings. The number of aliphatic hydroxyl groups excluding tert-OH is 1. The summed E-state index contributed by atoms with van der Waals surface area (Å²) in [7, 11) is 0. The molecule has 8 nitrogen and oxygen atoms in total. The van der Waals surface area contributed by atoms with E-state index in [1.807, 2.05) is 0 Å². The smallest absolute Gasteiger partial charge is 0.543 e. The molecule has 0 bridgehead atoms. The summed E-state index contributed by atoms with van der Waals surface area (Å²) in [6.45, 7) is 1.51. The van der Waals surface area contributed by atoms with Gasteiger partial charge < -0.3 is 25.6 Å². The summed E-state index contributed by atoms with van der Waals surface area (Å²) in [6.07, 6.45) is 2.08. The van der Waals surface area contributed by atoms with Crippen LogP contribution in [0.2, 0.25) is 5.02 Å². The van der Waals surface area contributed by atoms with Crippen molar-refractivity contribution < 1.29 is 49.4 Å². The molecule has 0 saturated carbocycles. The van der Waals surface area contributed by atoms with Crippen LogP contribution in [0.15, 0.2) is 36.3 Å². The van der Waals surface area contributed by atoms with E-state index in [0.717, 1.165) is 0 Å². The van der Waals surface area contributed by atoms with E-state index in [0.29, 0.717) is 21.8 Å². The monoisotopic (exact) mass is 400 g/mol. The second kappa shape index (κ2) is 8.22. The van der Waals surface area contributed by atoms with Crippen molar-refractivity contribution in [3.8, 4) is 0 Å². The standard InChI is InChI=1S/C17H19ClN4O4.Na/c1-8(23)14-13-7-12(15(17(25)26)22(13)16(14)24)9-4-10(18)6-11(5-9)21(20)3-2-19;/h2-6,8,13-14,23H,7,19-20H2,1H3,(H,25,26);/q;+1/p-1/b3-2-;/t8-,13?,14?;/m1./s1.